The zero-order chi connectivity index (χ0) is 34.4. The molecule has 0 saturated carbocycles. The van der Waals surface area contributed by atoms with Gasteiger partial charge in [-0.15, -0.1) is 13.2 Å². The number of amides is 3. The molecular formula is C35H56BrN3O7. The van der Waals surface area contributed by atoms with Crippen LogP contribution < -0.4 is 5.32 Å². The number of hydrogen-bond acceptors (Lipinski definition) is 7. The maximum Gasteiger partial charge on any atom is 0.312 e. The number of rotatable bonds is 18. The second-order valence-corrected chi connectivity index (χ2v) is 16.2. The normalized spacial score (nSPS) is 27.7. The van der Waals surface area contributed by atoms with Crippen molar-refractivity contribution < 1.29 is 33.8 Å². The summed E-state index contributed by atoms with van der Waals surface area (Å²) in [4.78, 5) is 58.4. The Morgan fingerprint density at radius 1 is 1.17 bits per heavy atom. The molecule has 0 aliphatic carbocycles. The van der Waals surface area contributed by atoms with Crippen molar-refractivity contribution in [2.75, 3.05) is 26.2 Å². The van der Waals surface area contributed by atoms with Crippen LogP contribution in [0.3, 0.4) is 0 Å². The average Bonchev–Trinajstić information content (AvgIpc) is 3.55. The molecule has 0 aromatic rings. The predicted octanol–water partition coefficient (Wildman–Crippen LogP) is 4.53. The third kappa shape index (κ3) is 8.42. The molecule has 3 saturated heterocycles. The van der Waals surface area contributed by atoms with Gasteiger partial charge in [0, 0.05) is 36.5 Å². The van der Waals surface area contributed by atoms with Crippen LogP contribution in [0.25, 0.3) is 0 Å². The Morgan fingerprint density at radius 3 is 2.46 bits per heavy atom. The molecule has 0 aromatic carbocycles. The number of aliphatic hydroxyl groups is 1. The highest BCUT2D eigenvalue weighted by molar-refractivity contribution is 9.09. The summed E-state index contributed by atoms with van der Waals surface area (Å²) in [5.41, 5.74) is -1.81. The molecular weight excluding hydrogens is 654 g/mol. The van der Waals surface area contributed by atoms with Gasteiger partial charge >= 0.3 is 5.97 Å². The van der Waals surface area contributed by atoms with Gasteiger partial charge in [0.05, 0.1) is 24.5 Å². The number of nitrogens with one attached hydrogen (secondary N) is 1. The van der Waals surface area contributed by atoms with E-state index in [1.165, 1.54) is 0 Å². The largest absolute Gasteiger partial charge is 0.460 e. The standard InChI is InChI=1S/C35H56BrN3O7/c1-9-11-16-25(41)37-21-23(3)45-32(44)26-27-30(42)38(18-14-12-13-15-19-40)29(35(27)20-24(36)28(26)46-35)31(43)39(17-10-2)34(7,8)22-33(4,5)6/h9-10,23-24,26-29,40H,1-2,11-22H2,3-8H3,(H,37,41)/t23-,24?,26+,27-,28+,29+,35-/m0/s1. The van der Waals surface area contributed by atoms with E-state index in [0.717, 1.165) is 19.3 Å². The topological polar surface area (TPSA) is 125 Å². The van der Waals surface area contributed by atoms with E-state index in [0.29, 0.717) is 45.2 Å². The van der Waals surface area contributed by atoms with Crippen LogP contribution in [0.2, 0.25) is 0 Å². The summed E-state index contributed by atoms with van der Waals surface area (Å²) in [6, 6.07) is -0.911. The van der Waals surface area contributed by atoms with Gasteiger partial charge in [-0.2, -0.15) is 0 Å². The summed E-state index contributed by atoms with van der Waals surface area (Å²) < 4.78 is 12.5. The van der Waals surface area contributed by atoms with Crippen molar-refractivity contribution in [1.29, 1.82) is 0 Å². The minimum Gasteiger partial charge on any atom is -0.460 e. The number of unbranched alkanes of at least 4 members (excludes halogenated alkanes) is 3. The quantitative estimate of drug-likeness (QED) is 0.0928. The van der Waals surface area contributed by atoms with Crippen LogP contribution in [-0.2, 0) is 28.7 Å². The van der Waals surface area contributed by atoms with Crippen LogP contribution in [0.4, 0.5) is 0 Å². The minimum atomic E-state index is -1.19. The van der Waals surface area contributed by atoms with Gasteiger partial charge in [-0.3, -0.25) is 19.2 Å². The van der Waals surface area contributed by atoms with Gasteiger partial charge in [0.15, 0.2) is 0 Å². The van der Waals surface area contributed by atoms with Crippen LogP contribution in [-0.4, -0.2) is 99.1 Å². The first-order valence-corrected chi connectivity index (χ1v) is 17.7. The smallest absolute Gasteiger partial charge is 0.312 e. The Bertz CT molecular complexity index is 1140. The van der Waals surface area contributed by atoms with E-state index in [1.807, 2.05) is 18.7 Å². The molecule has 2 bridgehead atoms. The second kappa shape index (κ2) is 15.8. The first-order valence-electron chi connectivity index (χ1n) is 16.8. The van der Waals surface area contributed by atoms with Crippen LogP contribution >= 0.6 is 15.9 Å². The number of ether oxygens (including phenoxy) is 2. The van der Waals surface area contributed by atoms with Gasteiger partial charge in [-0.05, 0) is 58.3 Å². The van der Waals surface area contributed by atoms with Gasteiger partial charge in [0.2, 0.25) is 17.7 Å². The van der Waals surface area contributed by atoms with Crippen LogP contribution in [0.5, 0.6) is 0 Å². The molecule has 10 nitrogen and oxygen atoms in total. The molecule has 0 aromatic heterocycles. The van der Waals surface area contributed by atoms with E-state index >= 15 is 0 Å². The van der Waals surface area contributed by atoms with Crippen molar-refractivity contribution in [3.63, 3.8) is 0 Å². The van der Waals surface area contributed by atoms with Crippen molar-refractivity contribution in [3.8, 4) is 0 Å². The van der Waals surface area contributed by atoms with Crippen molar-refractivity contribution >= 4 is 39.6 Å². The Morgan fingerprint density at radius 2 is 1.85 bits per heavy atom. The van der Waals surface area contributed by atoms with Gasteiger partial charge in [-0.25, -0.2) is 0 Å². The van der Waals surface area contributed by atoms with Crippen molar-refractivity contribution in [2.45, 2.75) is 127 Å². The number of likely N-dealkylation sites (tertiary alicyclic amines) is 1. The number of halogens is 1. The number of fused-ring (bicyclic) bond motifs is 1. The molecule has 3 rings (SSSR count). The lowest BCUT2D eigenvalue weighted by molar-refractivity contribution is -0.159. The highest BCUT2D eigenvalue weighted by atomic mass is 79.9. The summed E-state index contributed by atoms with van der Waals surface area (Å²) in [6.45, 7) is 20.7. The molecule has 11 heteroatoms. The molecule has 1 unspecified atom stereocenters. The third-order valence-electron chi connectivity index (χ3n) is 9.35. The van der Waals surface area contributed by atoms with E-state index in [-0.39, 0.29) is 41.1 Å². The number of nitrogens with zero attached hydrogens (tertiary/aromatic N) is 2. The van der Waals surface area contributed by atoms with E-state index in [4.69, 9.17) is 9.47 Å². The number of hydrogen-bond donors (Lipinski definition) is 2. The maximum absolute atomic E-state index is 14.9. The first-order chi connectivity index (χ1) is 21.5. The Labute approximate surface area is 283 Å². The van der Waals surface area contributed by atoms with Gasteiger partial charge in [0.25, 0.3) is 0 Å². The fourth-order valence-corrected chi connectivity index (χ4v) is 8.81. The summed E-state index contributed by atoms with van der Waals surface area (Å²) in [6.07, 6.45) is 7.04. The fourth-order valence-electron chi connectivity index (χ4n) is 7.87. The Balaban J connectivity index is 1.94. The molecule has 260 valence electrons. The molecule has 3 aliphatic rings. The summed E-state index contributed by atoms with van der Waals surface area (Å²) in [5.74, 6) is -2.95. The third-order valence-corrected chi connectivity index (χ3v) is 10.2. The zero-order valence-corrected chi connectivity index (χ0v) is 30.3. The fraction of sp³-hybridized carbons (Fsp3) is 0.771. The van der Waals surface area contributed by atoms with E-state index < -0.39 is 47.2 Å². The van der Waals surface area contributed by atoms with Gasteiger partial charge in [-0.1, -0.05) is 61.7 Å². The van der Waals surface area contributed by atoms with Crippen molar-refractivity contribution in [2.24, 2.45) is 17.3 Å². The van der Waals surface area contributed by atoms with E-state index in [2.05, 4.69) is 55.2 Å². The van der Waals surface area contributed by atoms with Crippen LogP contribution in [0.15, 0.2) is 25.3 Å². The van der Waals surface area contributed by atoms with Gasteiger partial charge in [0.1, 0.15) is 17.7 Å². The Kier molecular flexibility index (Phi) is 13.1. The lowest BCUT2D eigenvalue weighted by Crippen LogP contribution is -2.61. The predicted molar refractivity (Wildman–Crippen MR) is 181 cm³/mol. The summed E-state index contributed by atoms with van der Waals surface area (Å²) in [5, 5.41) is 12.0. The maximum atomic E-state index is 14.9. The zero-order valence-electron chi connectivity index (χ0n) is 28.7. The molecule has 3 aliphatic heterocycles. The number of carbonyl (C=O) groups is 4. The highest BCUT2D eigenvalue weighted by Gasteiger charge is 2.77. The molecule has 3 amide bonds. The second-order valence-electron chi connectivity index (χ2n) is 15.0. The summed E-state index contributed by atoms with van der Waals surface area (Å²) in [7, 11) is 0. The molecule has 46 heavy (non-hydrogen) atoms. The van der Waals surface area contributed by atoms with Crippen LogP contribution in [0, 0.1) is 17.3 Å². The monoisotopic (exact) mass is 709 g/mol. The molecule has 7 atom stereocenters. The average molecular weight is 711 g/mol. The van der Waals surface area contributed by atoms with Crippen molar-refractivity contribution in [3.05, 3.63) is 25.3 Å². The van der Waals surface area contributed by atoms with Crippen molar-refractivity contribution in [1.82, 2.24) is 15.1 Å². The number of carbonyl (C=O) groups excluding carboxylic acids is 4. The molecule has 0 radical (unpaired) electrons. The molecule has 2 N–H and O–H groups in total. The number of alkyl halides is 1. The number of allylic oxidation sites excluding steroid dienone is 1. The minimum absolute atomic E-state index is 0.0676. The summed E-state index contributed by atoms with van der Waals surface area (Å²) >= 11 is 3.73. The van der Waals surface area contributed by atoms with E-state index in [1.54, 1.807) is 24.0 Å². The lowest BCUT2D eigenvalue weighted by atomic mass is 9.70. The lowest BCUT2D eigenvalue weighted by Gasteiger charge is -2.45. The van der Waals surface area contributed by atoms with Gasteiger partial charge < -0.3 is 29.7 Å². The molecule has 1 spiro atoms. The number of aliphatic hydroxyl groups excluding tert-OH is 1. The molecule has 3 heterocycles. The van der Waals surface area contributed by atoms with E-state index in [9.17, 15) is 24.3 Å². The van der Waals surface area contributed by atoms with Crippen LogP contribution in [0.1, 0.15) is 92.9 Å². The molecule has 3 fully saturated rings. The first kappa shape index (κ1) is 38.2. The Hall–Kier alpha value is -2.24. The number of esters is 1. The highest BCUT2D eigenvalue weighted by Crippen LogP contribution is 2.60. The SMILES string of the molecule is C=CCCC(=O)NC[C@H](C)OC(=O)[C@H]1[C@@H]2O[C@@]3(CC2Br)[C@@H]1C(=O)N(CCCCCCO)[C@@H]3C(=O)N(CC=C)C(C)(C)CC(C)(C)C.